The van der Waals surface area contributed by atoms with E-state index in [2.05, 4.69) is 46.8 Å². The zero-order chi connectivity index (χ0) is 19.0. The van der Waals surface area contributed by atoms with Crippen molar-refractivity contribution >= 4 is 20.1 Å². The first kappa shape index (κ1) is 24.7. The van der Waals surface area contributed by atoms with E-state index in [-0.39, 0.29) is 11.8 Å². The standard InChI is InChI=1S/C21H42BO2P/c1-6-10-14-15-16-20(21(23)24-5)22-25(17-11-7-2,18-12-8-3)19-13-9-4/h15-16,20H,6-14,17-19H2,1-5H3/b16-15+. The van der Waals surface area contributed by atoms with Gasteiger partial charge in [0.2, 0.25) is 0 Å². The second-order valence-electron chi connectivity index (χ2n) is 7.22. The molecule has 25 heavy (non-hydrogen) atoms. The molecule has 4 heteroatoms. The Morgan fingerprint density at radius 2 is 1.40 bits per heavy atom. The number of esters is 1. The molecular weight excluding hydrogens is 326 g/mol. The number of unbranched alkanes of at least 4 members (excludes halogenated alkanes) is 5. The molecule has 0 saturated carbocycles. The van der Waals surface area contributed by atoms with Crippen LogP contribution < -0.4 is 0 Å². The van der Waals surface area contributed by atoms with Gasteiger partial charge < -0.3 is 4.74 Å². The molecule has 0 amide bonds. The van der Waals surface area contributed by atoms with Crippen LogP contribution in [0.15, 0.2) is 12.2 Å². The largest absolute Gasteiger partial charge is 0.471 e. The van der Waals surface area contributed by atoms with Crippen LogP contribution in [0.2, 0.25) is 5.82 Å². The molecule has 2 nitrogen and oxygen atoms in total. The number of methoxy groups -OCH3 is 1. The monoisotopic (exact) mass is 368 g/mol. The number of rotatable bonds is 16. The minimum absolute atomic E-state index is 0.0818. The van der Waals surface area contributed by atoms with E-state index in [1.807, 2.05) is 0 Å². The number of allylic oxidation sites excluding steroid dienone is 1. The molecule has 0 bridgehead atoms. The fraction of sp³-hybridized carbons (Fsp3) is 0.857. The molecule has 0 fully saturated rings. The van der Waals surface area contributed by atoms with Crippen molar-refractivity contribution < 1.29 is 9.53 Å². The first-order chi connectivity index (χ1) is 12.1. The molecule has 0 rings (SSSR count). The minimum Gasteiger partial charge on any atom is -0.471 e. The predicted molar refractivity (Wildman–Crippen MR) is 116 cm³/mol. The fourth-order valence-corrected chi connectivity index (χ4v) is 8.07. The van der Waals surface area contributed by atoms with E-state index in [9.17, 15) is 4.79 Å². The Kier molecular flexibility index (Phi) is 15.7. The Hall–Kier alpha value is -0.295. The highest BCUT2D eigenvalue weighted by molar-refractivity contribution is 8.00. The molecule has 0 heterocycles. The van der Waals surface area contributed by atoms with Gasteiger partial charge >= 0.3 is 0 Å². The van der Waals surface area contributed by atoms with Gasteiger partial charge in [-0.15, -0.1) is 6.08 Å². The first-order valence-electron chi connectivity index (χ1n) is 10.5. The molecule has 0 saturated heterocycles. The summed E-state index contributed by atoms with van der Waals surface area (Å²) in [6, 6.07) is 0. The Bertz CT molecular complexity index is 336. The predicted octanol–water partition coefficient (Wildman–Crippen LogP) is 6.73. The maximum Gasteiger partial charge on any atom is 0.274 e. The summed E-state index contributed by atoms with van der Waals surface area (Å²) in [5.41, 5.74) is 0. The Labute approximate surface area is 159 Å². The van der Waals surface area contributed by atoms with Crippen molar-refractivity contribution in [2.75, 3.05) is 25.6 Å². The molecule has 1 atom stereocenters. The summed E-state index contributed by atoms with van der Waals surface area (Å²) in [7, 11) is 0.320. The third-order valence-electron chi connectivity index (χ3n) is 4.89. The molecule has 0 N–H and O–H groups in total. The number of carbonyl (C=O) groups is 1. The van der Waals surface area contributed by atoms with Crippen LogP contribution >= 0.6 is 7.14 Å². The SMILES string of the molecule is CCCC/C=C/C([B-][P+](CCCC)(CCCC)CCCC)C(=O)OC. The van der Waals surface area contributed by atoms with E-state index >= 15 is 0 Å². The highest BCUT2D eigenvalue weighted by Gasteiger charge is 2.28. The molecule has 0 spiro atoms. The summed E-state index contributed by atoms with van der Waals surface area (Å²) in [6.45, 7) is 11.5. The molecule has 1 unspecified atom stereocenters. The summed E-state index contributed by atoms with van der Waals surface area (Å²) in [4.78, 5) is 12.4. The van der Waals surface area contributed by atoms with Crippen LogP contribution in [-0.2, 0) is 9.53 Å². The fourth-order valence-electron chi connectivity index (χ4n) is 3.21. The highest BCUT2D eigenvalue weighted by atomic mass is 31.2. The van der Waals surface area contributed by atoms with E-state index in [4.69, 9.17) is 4.74 Å². The maximum atomic E-state index is 12.4. The van der Waals surface area contributed by atoms with Crippen LogP contribution in [0.5, 0.6) is 0 Å². The van der Waals surface area contributed by atoms with E-state index in [1.54, 1.807) is 0 Å². The molecular formula is C21H42BO2P. The number of hydrogen-bond acceptors (Lipinski definition) is 2. The number of hydrogen-bond donors (Lipinski definition) is 0. The molecule has 0 aliphatic heterocycles. The van der Waals surface area contributed by atoms with Crippen molar-refractivity contribution in [3.05, 3.63) is 12.2 Å². The van der Waals surface area contributed by atoms with Gasteiger partial charge in [0, 0.05) is 18.5 Å². The van der Waals surface area contributed by atoms with Crippen molar-refractivity contribution in [1.82, 2.24) is 0 Å². The molecule has 0 aromatic heterocycles. The minimum atomic E-state index is -1.20. The van der Waals surface area contributed by atoms with Crippen molar-refractivity contribution in [3.63, 3.8) is 0 Å². The van der Waals surface area contributed by atoms with Gasteiger partial charge in [-0.3, -0.25) is 4.79 Å². The summed E-state index contributed by atoms with van der Waals surface area (Å²) >= 11 is 0. The third kappa shape index (κ3) is 11.1. The maximum absolute atomic E-state index is 12.4. The quantitative estimate of drug-likeness (QED) is 0.0992. The van der Waals surface area contributed by atoms with Gasteiger partial charge in [-0.05, 0) is 25.7 Å². The van der Waals surface area contributed by atoms with E-state index in [0.29, 0.717) is 0 Å². The van der Waals surface area contributed by atoms with Gasteiger partial charge in [-0.1, -0.05) is 78.7 Å². The lowest BCUT2D eigenvalue weighted by molar-refractivity contribution is -0.139. The van der Waals surface area contributed by atoms with Crippen LogP contribution in [0.4, 0.5) is 0 Å². The van der Waals surface area contributed by atoms with E-state index < -0.39 is 7.14 Å². The van der Waals surface area contributed by atoms with E-state index in [0.717, 1.165) is 6.42 Å². The molecule has 0 aromatic carbocycles. The van der Waals surface area contributed by atoms with Crippen molar-refractivity contribution in [1.29, 1.82) is 0 Å². The van der Waals surface area contributed by atoms with Crippen LogP contribution in [0, 0.1) is 0 Å². The van der Waals surface area contributed by atoms with Crippen LogP contribution in [0.1, 0.15) is 85.5 Å². The van der Waals surface area contributed by atoms with Crippen molar-refractivity contribution in [2.45, 2.75) is 91.3 Å². The van der Waals surface area contributed by atoms with Gasteiger partial charge in [0.05, 0.1) is 7.11 Å². The van der Waals surface area contributed by atoms with Gasteiger partial charge in [0.25, 0.3) is 5.97 Å². The van der Waals surface area contributed by atoms with Gasteiger partial charge in [0.15, 0.2) is 0 Å². The second kappa shape index (κ2) is 15.9. The molecule has 0 aromatic rings. The van der Waals surface area contributed by atoms with Gasteiger partial charge in [0.1, 0.15) is 0 Å². The highest BCUT2D eigenvalue weighted by Crippen LogP contribution is 2.61. The topological polar surface area (TPSA) is 26.3 Å². The summed E-state index contributed by atoms with van der Waals surface area (Å²) in [5.74, 6) is -0.234. The molecule has 146 valence electrons. The summed E-state index contributed by atoms with van der Waals surface area (Å²) in [5, 5.41) is 0. The summed E-state index contributed by atoms with van der Waals surface area (Å²) < 4.78 is 5.13. The van der Waals surface area contributed by atoms with E-state index in [1.165, 1.54) is 77.0 Å². The summed E-state index contributed by atoms with van der Waals surface area (Å²) in [6.07, 6.45) is 19.2. The molecule has 0 aliphatic carbocycles. The lowest BCUT2D eigenvalue weighted by Gasteiger charge is -2.42. The van der Waals surface area contributed by atoms with Crippen LogP contribution in [-0.4, -0.2) is 38.6 Å². The second-order valence-corrected chi connectivity index (χ2v) is 11.3. The first-order valence-corrected chi connectivity index (χ1v) is 13.0. The average Bonchev–Trinajstić information content (AvgIpc) is 2.64. The molecule has 0 aliphatic rings. The zero-order valence-corrected chi connectivity index (χ0v) is 18.5. The smallest absolute Gasteiger partial charge is 0.274 e. The van der Waals surface area contributed by atoms with Crippen LogP contribution in [0.3, 0.4) is 0 Å². The van der Waals surface area contributed by atoms with Crippen molar-refractivity contribution in [3.8, 4) is 0 Å². The normalized spacial score (nSPS) is 13.3. The van der Waals surface area contributed by atoms with Crippen molar-refractivity contribution in [2.24, 2.45) is 0 Å². The van der Waals surface area contributed by atoms with Crippen LogP contribution in [0.25, 0.3) is 0 Å². The van der Waals surface area contributed by atoms with Gasteiger partial charge in [-0.2, -0.15) is 0 Å². The Morgan fingerprint density at radius 3 is 1.80 bits per heavy atom. The Morgan fingerprint density at radius 1 is 0.920 bits per heavy atom. The molecule has 2 radical (unpaired) electrons. The number of carbonyl (C=O) groups excluding carboxylic acids is 1. The average molecular weight is 368 g/mol. The lowest BCUT2D eigenvalue weighted by atomic mass is 9.85. The third-order valence-corrected chi connectivity index (χ3v) is 9.46. The Balaban J connectivity index is 5.27. The lowest BCUT2D eigenvalue weighted by Crippen LogP contribution is -2.23. The number of ether oxygens (including phenoxy) is 1. The van der Waals surface area contributed by atoms with Gasteiger partial charge in [-0.25, -0.2) is 7.14 Å². The zero-order valence-electron chi connectivity index (χ0n) is 17.6.